The molecule has 172 valence electrons. The summed E-state index contributed by atoms with van der Waals surface area (Å²) < 4.78 is 5.21. The van der Waals surface area contributed by atoms with Crippen molar-refractivity contribution in [3.05, 3.63) is 84.3 Å². The van der Waals surface area contributed by atoms with Crippen molar-refractivity contribution in [2.24, 2.45) is 0 Å². The molecule has 0 aliphatic carbocycles. The first kappa shape index (κ1) is 22.8. The molecule has 0 atom stereocenters. The van der Waals surface area contributed by atoms with Crippen LogP contribution in [0, 0.1) is 6.92 Å². The Kier molecular flexibility index (Phi) is 7.02. The molecule has 4 rings (SSSR count). The SMILES string of the molecule is C=CCN(Cc1ccc(-c2ccccc2-c2nnn[nH]2)cc1)c1nc(C)ncc1C(=O)OCC. The highest BCUT2D eigenvalue weighted by molar-refractivity contribution is 5.94. The molecule has 2 aromatic heterocycles. The van der Waals surface area contributed by atoms with Gasteiger partial charge in [-0.25, -0.2) is 19.9 Å². The minimum Gasteiger partial charge on any atom is -0.462 e. The van der Waals surface area contributed by atoms with Crippen molar-refractivity contribution >= 4 is 11.8 Å². The molecule has 0 fully saturated rings. The molecule has 1 N–H and O–H groups in total. The van der Waals surface area contributed by atoms with Crippen LogP contribution in [0.15, 0.2) is 67.4 Å². The monoisotopic (exact) mass is 455 g/mol. The third-order valence-corrected chi connectivity index (χ3v) is 5.20. The number of carbonyl (C=O) groups excluding carboxylic acids is 1. The lowest BCUT2D eigenvalue weighted by atomic mass is 9.98. The summed E-state index contributed by atoms with van der Waals surface area (Å²) in [5.74, 6) is 1.27. The fourth-order valence-corrected chi connectivity index (χ4v) is 3.66. The number of hydrogen-bond acceptors (Lipinski definition) is 8. The van der Waals surface area contributed by atoms with Gasteiger partial charge in [0.1, 0.15) is 17.2 Å². The van der Waals surface area contributed by atoms with E-state index >= 15 is 0 Å². The van der Waals surface area contributed by atoms with E-state index in [9.17, 15) is 4.79 Å². The van der Waals surface area contributed by atoms with Gasteiger partial charge >= 0.3 is 5.97 Å². The van der Waals surface area contributed by atoms with Gasteiger partial charge in [0.15, 0.2) is 5.82 Å². The normalized spacial score (nSPS) is 10.6. The second-order valence-corrected chi connectivity index (χ2v) is 7.54. The molecule has 0 aliphatic rings. The fraction of sp³-hybridized carbons (Fsp3) is 0.200. The molecule has 4 aromatic rings. The van der Waals surface area contributed by atoms with Crippen LogP contribution in [-0.4, -0.2) is 49.7 Å². The lowest BCUT2D eigenvalue weighted by Gasteiger charge is -2.24. The molecular weight excluding hydrogens is 430 g/mol. The van der Waals surface area contributed by atoms with Crippen LogP contribution in [0.4, 0.5) is 5.82 Å². The van der Waals surface area contributed by atoms with Gasteiger partial charge in [-0.15, -0.1) is 11.7 Å². The van der Waals surface area contributed by atoms with Crippen molar-refractivity contribution in [2.75, 3.05) is 18.1 Å². The predicted molar refractivity (Wildman–Crippen MR) is 129 cm³/mol. The Balaban J connectivity index is 1.63. The van der Waals surface area contributed by atoms with Crippen LogP contribution >= 0.6 is 0 Å². The van der Waals surface area contributed by atoms with Crippen LogP contribution in [0.25, 0.3) is 22.5 Å². The molecule has 0 radical (unpaired) electrons. The summed E-state index contributed by atoms with van der Waals surface area (Å²) in [5, 5.41) is 14.2. The number of hydrogen-bond donors (Lipinski definition) is 1. The smallest absolute Gasteiger partial charge is 0.343 e. The maximum absolute atomic E-state index is 12.5. The van der Waals surface area contributed by atoms with Crippen molar-refractivity contribution in [1.29, 1.82) is 0 Å². The maximum Gasteiger partial charge on any atom is 0.343 e. The average Bonchev–Trinajstić information content (AvgIpc) is 3.39. The lowest BCUT2D eigenvalue weighted by molar-refractivity contribution is 0.0526. The molecule has 9 nitrogen and oxygen atoms in total. The summed E-state index contributed by atoms with van der Waals surface area (Å²) in [7, 11) is 0. The van der Waals surface area contributed by atoms with Crippen molar-refractivity contribution < 1.29 is 9.53 Å². The number of benzene rings is 2. The van der Waals surface area contributed by atoms with Gasteiger partial charge in [0.2, 0.25) is 0 Å². The van der Waals surface area contributed by atoms with Crippen LogP contribution in [0.5, 0.6) is 0 Å². The van der Waals surface area contributed by atoms with E-state index in [0.29, 0.717) is 36.1 Å². The highest BCUT2D eigenvalue weighted by Crippen LogP contribution is 2.30. The number of esters is 1. The molecule has 0 aliphatic heterocycles. The number of nitrogens with one attached hydrogen (secondary N) is 1. The van der Waals surface area contributed by atoms with Crippen molar-refractivity contribution in [1.82, 2.24) is 30.6 Å². The van der Waals surface area contributed by atoms with E-state index in [1.54, 1.807) is 19.9 Å². The van der Waals surface area contributed by atoms with E-state index in [1.807, 2.05) is 29.2 Å². The van der Waals surface area contributed by atoms with Crippen LogP contribution in [-0.2, 0) is 11.3 Å². The molecule has 0 saturated heterocycles. The number of aryl methyl sites for hydroxylation is 1. The minimum absolute atomic E-state index is 0.278. The summed E-state index contributed by atoms with van der Waals surface area (Å²) in [5.41, 5.74) is 4.36. The standard InChI is InChI=1S/C25H25N7O2/c1-4-14-32(24-22(25(33)34-5-2)15-26-17(3)27-24)16-18-10-12-19(13-11-18)20-8-6-7-9-21(20)23-28-30-31-29-23/h4,6-13,15H,1,5,14,16H2,2-3H3,(H,28,29,30,31). The summed E-state index contributed by atoms with van der Waals surface area (Å²) in [6, 6.07) is 16.2. The van der Waals surface area contributed by atoms with Gasteiger partial charge in [-0.1, -0.05) is 54.6 Å². The van der Waals surface area contributed by atoms with Crippen LogP contribution in [0.1, 0.15) is 28.7 Å². The Bertz CT molecular complexity index is 1270. The zero-order valence-corrected chi connectivity index (χ0v) is 19.1. The van der Waals surface area contributed by atoms with Crippen LogP contribution in [0.2, 0.25) is 0 Å². The van der Waals surface area contributed by atoms with Gasteiger partial charge in [-0.05, 0) is 41.0 Å². The fourth-order valence-electron chi connectivity index (χ4n) is 3.66. The average molecular weight is 456 g/mol. The summed E-state index contributed by atoms with van der Waals surface area (Å²) in [6.07, 6.45) is 3.30. The quantitative estimate of drug-likeness (QED) is 0.298. The molecule has 2 heterocycles. The first-order chi connectivity index (χ1) is 16.6. The second kappa shape index (κ2) is 10.5. The van der Waals surface area contributed by atoms with Gasteiger partial charge in [0, 0.05) is 24.8 Å². The molecule has 2 aromatic carbocycles. The number of anilines is 1. The molecule has 0 saturated carbocycles. The number of carbonyl (C=O) groups is 1. The topological polar surface area (TPSA) is 110 Å². The minimum atomic E-state index is -0.444. The van der Waals surface area contributed by atoms with Crippen molar-refractivity contribution in [2.45, 2.75) is 20.4 Å². The van der Waals surface area contributed by atoms with Gasteiger partial charge in [-0.3, -0.25) is 0 Å². The number of ether oxygens (including phenoxy) is 1. The van der Waals surface area contributed by atoms with Crippen molar-refractivity contribution in [3.63, 3.8) is 0 Å². The number of tetrazole rings is 1. The molecule has 9 heteroatoms. The predicted octanol–water partition coefficient (Wildman–Crippen LogP) is 4.00. The molecule has 0 amide bonds. The maximum atomic E-state index is 12.5. The van der Waals surface area contributed by atoms with Gasteiger partial charge in [0.25, 0.3) is 0 Å². The molecule has 0 spiro atoms. The van der Waals surface area contributed by atoms with E-state index in [-0.39, 0.29) is 6.61 Å². The number of nitrogens with zero attached hydrogens (tertiary/aromatic N) is 6. The van der Waals surface area contributed by atoms with Gasteiger partial charge in [-0.2, -0.15) is 0 Å². The molecule has 34 heavy (non-hydrogen) atoms. The lowest BCUT2D eigenvalue weighted by Crippen LogP contribution is -2.27. The Morgan fingerprint density at radius 3 is 2.59 bits per heavy atom. The second-order valence-electron chi connectivity index (χ2n) is 7.54. The number of rotatable bonds is 9. The third kappa shape index (κ3) is 4.98. The molecular formula is C25H25N7O2. The summed E-state index contributed by atoms with van der Waals surface area (Å²) >= 11 is 0. The highest BCUT2D eigenvalue weighted by atomic mass is 16.5. The van der Waals surface area contributed by atoms with E-state index < -0.39 is 5.97 Å². The third-order valence-electron chi connectivity index (χ3n) is 5.20. The Morgan fingerprint density at radius 1 is 1.15 bits per heavy atom. The number of H-pyrrole nitrogens is 1. The number of aromatic amines is 1. The summed E-state index contributed by atoms with van der Waals surface area (Å²) in [6.45, 7) is 8.75. The first-order valence-electron chi connectivity index (χ1n) is 10.9. The summed E-state index contributed by atoms with van der Waals surface area (Å²) in [4.78, 5) is 23.2. The Hall–Kier alpha value is -4.40. The van der Waals surface area contributed by atoms with Crippen molar-refractivity contribution in [3.8, 4) is 22.5 Å². The van der Waals surface area contributed by atoms with Crippen LogP contribution < -0.4 is 4.90 Å². The van der Waals surface area contributed by atoms with E-state index in [4.69, 9.17) is 4.74 Å². The molecule has 0 unspecified atom stereocenters. The first-order valence-corrected chi connectivity index (χ1v) is 10.9. The zero-order chi connectivity index (χ0) is 23.9. The van der Waals surface area contributed by atoms with E-state index in [2.05, 4.69) is 61.4 Å². The van der Waals surface area contributed by atoms with Crippen LogP contribution in [0.3, 0.4) is 0 Å². The molecule has 0 bridgehead atoms. The van der Waals surface area contributed by atoms with E-state index in [1.165, 1.54) is 6.20 Å². The van der Waals surface area contributed by atoms with Gasteiger partial charge < -0.3 is 9.64 Å². The van der Waals surface area contributed by atoms with Gasteiger partial charge in [0.05, 0.1) is 6.61 Å². The largest absolute Gasteiger partial charge is 0.462 e. The van der Waals surface area contributed by atoms with E-state index in [0.717, 1.165) is 22.3 Å². The zero-order valence-electron chi connectivity index (χ0n) is 19.1. The Morgan fingerprint density at radius 2 is 1.91 bits per heavy atom. The highest BCUT2D eigenvalue weighted by Gasteiger charge is 2.20. The Labute approximate surface area is 197 Å². The number of aromatic nitrogens is 6.